The molecular weight excluding hydrogens is 531 g/mol. The van der Waals surface area contributed by atoms with Crippen LogP contribution in [0.5, 0.6) is 6.01 Å². The van der Waals surface area contributed by atoms with E-state index < -0.39 is 0 Å². The highest BCUT2D eigenvalue weighted by atomic mass is 19.1. The topological polar surface area (TPSA) is 66.2 Å². The van der Waals surface area contributed by atoms with Gasteiger partial charge in [-0.1, -0.05) is 24.8 Å². The lowest BCUT2D eigenvalue weighted by Gasteiger charge is -2.39. The maximum absolute atomic E-state index is 16.0. The third kappa shape index (κ3) is 4.68. The van der Waals surface area contributed by atoms with E-state index in [4.69, 9.17) is 21.3 Å². The Morgan fingerprint density at radius 1 is 1.21 bits per heavy atom. The summed E-state index contributed by atoms with van der Waals surface area (Å²) in [5.41, 5.74) is 4.75. The summed E-state index contributed by atoms with van der Waals surface area (Å²) in [7, 11) is 2.10. The van der Waals surface area contributed by atoms with E-state index in [2.05, 4.69) is 29.4 Å². The number of likely N-dealkylation sites (N-methyl/N-ethyl adjacent to an activating group) is 1. The van der Waals surface area contributed by atoms with Crippen molar-refractivity contribution in [2.45, 2.75) is 43.7 Å². The first kappa shape index (κ1) is 26.8. The Kier molecular flexibility index (Phi) is 6.82. The third-order valence-electron chi connectivity index (χ3n) is 9.65. The Labute approximate surface area is 245 Å². The minimum absolute atomic E-state index is 0.163. The number of ether oxygens (including phenoxy) is 1. The van der Waals surface area contributed by atoms with Gasteiger partial charge < -0.3 is 24.3 Å². The summed E-state index contributed by atoms with van der Waals surface area (Å²) < 4.78 is 22.2. The van der Waals surface area contributed by atoms with Gasteiger partial charge in [0.2, 0.25) is 12.5 Å². The molecule has 1 aromatic heterocycles. The number of hydrogen-bond donors (Lipinski definition) is 0. The van der Waals surface area contributed by atoms with E-state index in [0.717, 1.165) is 31.4 Å². The Morgan fingerprint density at radius 2 is 2.10 bits per heavy atom. The summed E-state index contributed by atoms with van der Waals surface area (Å²) in [6, 6.07) is 9.88. The molecule has 2 saturated heterocycles. The Balaban J connectivity index is 1.29. The number of anilines is 1. The fourth-order valence-electron chi connectivity index (χ4n) is 7.25. The lowest BCUT2D eigenvalue weighted by atomic mass is 9.93. The van der Waals surface area contributed by atoms with Crippen LogP contribution in [-0.2, 0) is 11.2 Å². The van der Waals surface area contributed by atoms with Crippen LogP contribution in [0.2, 0.25) is 0 Å². The molecule has 9 heteroatoms. The average Bonchev–Trinajstić information content (AvgIpc) is 3.49. The highest BCUT2D eigenvalue weighted by Crippen LogP contribution is 2.58. The van der Waals surface area contributed by atoms with E-state index in [1.54, 1.807) is 11.0 Å². The molecule has 3 aromatic rings. The molecule has 2 aromatic carbocycles. The molecule has 4 atom stereocenters. The number of aromatic nitrogens is 2. The van der Waals surface area contributed by atoms with E-state index in [0.29, 0.717) is 66.4 Å². The zero-order valence-corrected chi connectivity index (χ0v) is 23.9. The van der Waals surface area contributed by atoms with Crippen LogP contribution in [0.4, 0.5) is 10.2 Å². The molecule has 7 rings (SSSR count). The number of piperazine rings is 1. The van der Waals surface area contributed by atoms with E-state index in [9.17, 15) is 4.79 Å². The second-order valence-electron chi connectivity index (χ2n) is 12.1. The summed E-state index contributed by atoms with van der Waals surface area (Å²) in [6.45, 7) is 14.1. The van der Waals surface area contributed by atoms with Gasteiger partial charge in [-0.2, -0.15) is 9.97 Å². The van der Waals surface area contributed by atoms with Gasteiger partial charge in [-0.3, -0.25) is 4.79 Å². The lowest BCUT2D eigenvalue weighted by molar-refractivity contribution is -0.128. The average molecular weight is 567 g/mol. The standard InChI is InChI=1S/C33H35FN6O2/c1-4-31(41)40-12-11-39(18-22(40)17-35-2)32-28-15-29(34)27(24-9-5-8-23-25-13-20(25)14-26(23)24)16-30(28)36-33(37-32)42-19-21-7-6-10-38(21)3/h4-5,8-9,15-16,20-22,25H,1,6-7,10-14,17-19H2,3H3/t20-,21+,22+,25-/m1/s1. The highest BCUT2D eigenvalue weighted by Gasteiger charge is 2.45. The van der Waals surface area contributed by atoms with Gasteiger partial charge in [0.25, 0.3) is 0 Å². The summed E-state index contributed by atoms with van der Waals surface area (Å²) in [5, 5.41) is 0.599. The largest absolute Gasteiger partial charge is 0.462 e. The molecule has 0 N–H and O–H groups in total. The van der Waals surface area contributed by atoms with Crippen molar-refractivity contribution in [1.82, 2.24) is 19.8 Å². The third-order valence-corrected chi connectivity index (χ3v) is 9.65. The number of halogens is 1. The van der Waals surface area contributed by atoms with Crippen molar-refractivity contribution in [3.63, 3.8) is 0 Å². The molecule has 1 saturated carbocycles. The second kappa shape index (κ2) is 10.7. The normalized spacial score (nSPS) is 24.8. The van der Waals surface area contributed by atoms with Gasteiger partial charge in [0, 0.05) is 36.6 Å². The van der Waals surface area contributed by atoms with Crippen molar-refractivity contribution in [2.75, 3.05) is 51.3 Å². The lowest BCUT2D eigenvalue weighted by Crippen LogP contribution is -2.56. The van der Waals surface area contributed by atoms with Gasteiger partial charge >= 0.3 is 6.01 Å². The SMILES string of the molecule is [C-]#[N+]C[C@H]1CN(c2nc(OC[C@@H]3CCCN3C)nc3cc(-c4cccc5c4C[C@H]4C[C@@H]54)c(F)cc23)CCN1C(=O)C=C. The highest BCUT2D eigenvalue weighted by molar-refractivity contribution is 5.94. The van der Waals surface area contributed by atoms with Crippen LogP contribution in [0.1, 0.15) is 36.3 Å². The minimum Gasteiger partial charge on any atom is -0.462 e. The summed E-state index contributed by atoms with van der Waals surface area (Å²) >= 11 is 0. The Morgan fingerprint density at radius 3 is 2.88 bits per heavy atom. The van der Waals surface area contributed by atoms with Crippen LogP contribution in [0.3, 0.4) is 0 Å². The molecule has 1 amide bonds. The summed E-state index contributed by atoms with van der Waals surface area (Å²) in [6.07, 6.45) is 5.73. The number of hydrogen-bond acceptors (Lipinski definition) is 6. The van der Waals surface area contributed by atoms with Crippen LogP contribution < -0.4 is 9.64 Å². The van der Waals surface area contributed by atoms with Crippen molar-refractivity contribution in [3.05, 3.63) is 71.3 Å². The molecule has 3 heterocycles. The van der Waals surface area contributed by atoms with E-state index in [1.807, 2.05) is 23.1 Å². The summed E-state index contributed by atoms with van der Waals surface area (Å²) in [4.78, 5) is 31.7. The van der Waals surface area contributed by atoms with Gasteiger partial charge in [-0.15, -0.1) is 0 Å². The van der Waals surface area contributed by atoms with Gasteiger partial charge in [0.1, 0.15) is 24.3 Å². The van der Waals surface area contributed by atoms with Crippen molar-refractivity contribution in [1.29, 1.82) is 0 Å². The molecule has 8 nitrogen and oxygen atoms in total. The van der Waals surface area contributed by atoms with Gasteiger partial charge in [0.05, 0.1) is 5.52 Å². The zero-order valence-electron chi connectivity index (χ0n) is 23.9. The van der Waals surface area contributed by atoms with E-state index in [-0.39, 0.29) is 30.3 Å². The maximum Gasteiger partial charge on any atom is 0.319 e. The number of fused-ring (bicyclic) bond motifs is 4. The first-order valence-electron chi connectivity index (χ1n) is 14.9. The monoisotopic (exact) mass is 566 g/mol. The molecule has 2 aliphatic heterocycles. The van der Waals surface area contributed by atoms with Crippen LogP contribution in [-0.4, -0.2) is 84.1 Å². The minimum atomic E-state index is -0.328. The Bertz CT molecular complexity index is 1620. The molecule has 0 bridgehead atoms. The van der Waals surface area contributed by atoms with Crippen molar-refractivity contribution in [3.8, 4) is 17.1 Å². The van der Waals surface area contributed by atoms with E-state index in [1.165, 1.54) is 23.6 Å². The predicted octanol–water partition coefficient (Wildman–Crippen LogP) is 4.69. The quantitative estimate of drug-likeness (QED) is 0.306. The number of carbonyl (C=O) groups is 1. The molecule has 0 spiro atoms. The zero-order chi connectivity index (χ0) is 29.0. The molecule has 216 valence electrons. The second-order valence-corrected chi connectivity index (χ2v) is 12.1. The van der Waals surface area contributed by atoms with Crippen molar-refractivity contribution >= 4 is 22.6 Å². The van der Waals surface area contributed by atoms with Crippen LogP contribution in [0.15, 0.2) is 43.0 Å². The predicted molar refractivity (Wildman–Crippen MR) is 160 cm³/mol. The fraction of sp³-hybridized carbons (Fsp3) is 0.455. The van der Waals surface area contributed by atoms with Crippen molar-refractivity contribution in [2.24, 2.45) is 5.92 Å². The molecule has 42 heavy (non-hydrogen) atoms. The molecule has 2 aliphatic carbocycles. The van der Waals surface area contributed by atoms with Crippen LogP contribution in [0, 0.1) is 18.3 Å². The molecule has 3 fully saturated rings. The first-order chi connectivity index (χ1) is 20.4. The molecular formula is C33H35FN6O2. The van der Waals surface area contributed by atoms with Crippen LogP contribution >= 0.6 is 0 Å². The number of nitrogens with zero attached hydrogens (tertiary/aromatic N) is 6. The first-order valence-corrected chi connectivity index (χ1v) is 14.9. The smallest absolute Gasteiger partial charge is 0.319 e. The molecule has 4 aliphatic rings. The van der Waals surface area contributed by atoms with E-state index >= 15 is 4.39 Å². The number of benzene rings is 2. The van der Waals surface area contributed by atoms with Crippen LogP contribution in [0.25, 0.3) is 26.9 Å². The molecule has 0 radical (unpaired) electrons. The number of amides is 1. The number of rotatable bonds is 7. The van der Waals surface area contributed by atoms with Gasteiger partial charge in [-0.05, 0) is 86.0 Å². The summed E-state index contributed by atoms with van der Waals surface area (Å²) in [5.74, 6) is 1.40. The number of carbonyl (C=O) groups excluding carboxylic acids is 1. The number of likely N-dealkylation sites (tertiary alicyclic amines) is 1. The fourth-order valence-corrected chi connectivity index (χ4v) is 7.25. The van der Waals surface area contributed by atoms with Crippen molar-refractivity contribution < 1.29 is 13.9 Å². The maximum atomic E-state index is 16.0. The van der Waals surface area contributed by atoms with Gasteiger partial charge in [0.15, 0.2) is 0 Å². The molecule has 0 unspecified atom stereocenters. The van der Waals surface area contributed by atoms with Gasteiger partial charge in [-0.25, -0.2) is 11.0 Å². The Hall–Kier alpha value is -4.03.